The molecule has 0 unspecified atom stereocenters. The van der Waals surface area contributed by atoms with Crippen molar-refractivity contribution in [1.29, 1.82) is 0 Å². The molecule has 1 rings (SSSR count). The molecule has 0 radical (unpaired) electrons. The zero-order valence-electron chi connectivity index (χ0n) is 8.07. The summed E-state index contributed by atoms with van der Waals surface area (Å²) in [6.07, 6.45) is 0. The third-order valence-corrected chi connectivity index (χ3v) is 2.88. The molecule has 0 aliphatic heterocycles. The molecule has 1 aromatic carbocycles. The van der Waals surface area contributed by atoms with Crippen molar-refractivity contribution < 1.29 is 34.3 Å². The topological polar surface area (TPSA) is 127 Å². The van der Waals surface area contributed by atoms with Crippen LogP contribution in [0.2, 0.25) is 10.0 Å². The standard InChI is InChI=1S/C6H4Cl2O8S2/c7-3-1-5(15-17(9,10)11)6(2-4(3)8)16-18(12,13)14/h1-2H,(H,9,10,11)(H,12,13,14). The van der Waals surface area contributed by atoms with Gasteiger partial charge in [-0.05, 0) is 0 Å². The Labute approximate surface area is 112 Å². The van der Waals surface area contributed by atoms with Crippen LogP contribution in [0.1, 0.15) is 0 Å². The summed E-state index contributed by atoms with van der Waals surface area (Å²) in [6, 6.07) is 1.55. The predicted octanol–water partition coefficient (Wildman–Crippen LogP) is 1.36. The van der Waals surface area contributed by atoms with E-state index in [0.29, 0.717) is 0 Å². The summed E-state index contributed by atoms with van der Waals surface area (Å²) in [5, 5.41) is -0.393. The largest absolute Gasteiger partial charge is 0.446 e. The van der Waals surface area contributed by atoms with Crippen molar-refractivity contribution in [3.05, 3.63) is 22.2 Å². The first-order valence-electron chi connectivity index (χ1n) is 3.81. The average molecular weight is 339 g/mol. The maximum absolute atomic E-state index is 10.5. The molecule has 0 bridgehead atoms. The third kappa shape index (κ3) is 4.84. The lowest BCUT2D eigenvalue weighted by Crippen LogP contribution is -2.11. The number of hydrogen-bond donors (Lipinski definition) is 2. The Morgan fingerprint density at radius 3 is 1.33 bits per heavy atom. The summed E-state index contributed by atoms with van der Waals surface area (Å²) in [4.78, 5) is 0. The van der Waals surface area contributed by atoms with Crippen LogP contribution in [0.5, 0.6) is 11.5 Å². The summed E-state index contributed by atoms with van der Waals surface area (Å²) in [7, 11) is -9.89. The van der Waals surface area contributed by atoms with Crippen molar-refractivity contribution in [2.75, 3.05) is 0 Å². The molecular formula is C6H4Cl2O8S2. The number of hydrogen-bond acceptors (Lipinski definition) is 6. The maximum atomic E-state index is 10.5. The zero-order chi connectivity index (χ0) is 14.1. The molecule has 0 fully saturated rings. The summed E-state index contributed by atoms with van der Waals surface area (Å²) in [5.41, 5.74) is 0. The van der Waals surface area contributed by atoms with Gasteiger partial charge in [0.2, 0.25) is 0 Å². The van der Waals surface area contributed by atoms with Crippen LogP contribution >= 0.6 is 23.2 Å². The first kappa shape index (κ1) is 15.3. The molecule has 0 saturated carbocycles. The fourth-order valence-electron chi connectivity index (χ4n) is 0.867. The average Bonchev–Trinajstić information content (AvgIpc) is 2.08. The Hall–Kier alpha value is -0.780. The van der Waals surface area contributed by atoms with Crippen LogP contribution in [0, 0.1) is 0 Å². The van der Waals surface area contributed by atoms with Crippen molar-refractivity contribution in [1.82, 2.24) is 0 Å². The van der Waals surface area contributed by atoms with Crippen molar-refractivity contribution >= 4 is 44.0 Å². The highest BCUT2D eigenvalue weighted by Gasteiger charge is 2.19. The highest BCUT2D eigenvalue weighted by Crippen LogP contribution is 2.37. The van der Waals surface area contributed by atoms with E-state index in [1.807, 2.05) is 0 Å². The van der Waals surface area contributed by atoms with Crippen LogP contribution in [-0.4, -0.2) is 25.9 Å². The predicted molar refractivity (Wildman–Crippen MR) is 60.8 cm³/mol. The molecule has 0 amide bonds. The molecule has 1 aromatic rings. The Balaban J connectivity index is 3.34. The summed E-state index contributed by atoms with van der Waals surface area (Å²) in [5.74, 6) is -1.55. The van der Waals surface area contributed by atoms with Gasteiger partial charge in [0.1, 0.15) is 0 Å². The van der Waals surface area contributed by atoms with Gasteiger partial charge < -0.3 is 8.37 Å². The van der Waals surface area contributed by atoms with E-state index in [2.05, 4.69) is 8.37 Å². The third-order valence-electron chi connectivity index (χ3n) is 1.38. The van der Waals surface area contributed by atoms with Gasteiger partial charge in [0.05, 0.1) is 10.0 Å². The van der Waals surface area contributed by atoms with E-state index < -0.39 is 32.3 Å². The van der Waals surface area contributed by atoms with Gasteiger partial charge >= 0.3 is 20.8 Å². The Kier molecular flexibility index (Phi) is 4.30. The Bertz CT molecular complexity index is 606. The second-order valence-electron chi connectivity index (χ2n) is 2.74. The first-order chi connectivity index (χ1) is 7.98. The minimum absolute atomic E-state index is 0.196. The lowest BCUT2D eigenvalue weighted by atomic mass is 10.3. The van der Waals surface area contributed by atoms with Crippen LogP contribution in [0.15, 0.2) is 12.1 Å². The molecule has 0 heterocycles. The van der Waals surface area contributed by atoms with Crippen LogP contribution < -0.4 is 8.37 Å². The molecule has 0 spiro atoms. The number of halogens is 2. The molecule has 0 aromatic heterocycles. The van der Waals surface area contributed by atoms with Gasteiger partial charge in [0, 0.05) is 12.1 Å². The maximum Gasteiger partial charge on any atom is 0.446 e. The smallest absolute Gasteiger partial charge is 0.358 e. The van der Waals surface area contributed by atoms with Gasteiger partial charge in [-0.25, -0.2) is 0 Å². The van der Waals surface area contributed by atoms with Crippen molar-refractivity contribution in [2.45, 2.75) is 0 Å². The van der Waals surface area contributed by atoms with E-state index in [1.54, 1.807) is 0 Å². The van der Waals surface area contributed by atoms with Gasteiger partial charge in [-0.1, -0.05) is 23.2 Å². The minimum Gasteiger partial charge on any atom is -0.358 e. The molecule has 2 N–H and O–H groups in total. The van der Waals surface area contributed by atoms with E-state index in [1.165, 1.54) is 0 Å². The summed E-state index contributed by atoms with van der Waals surface area (Å²) in [6.45, 7) is 0. The van der Waals surface area contributed by atoms with Crippen molar-refractivity contribution in [3.8, 4) is 11.5 Å². The SMILES string of the molecule is O=S(=O)(O)Oc1cc(Cl)c(Cl)cc1OS(=O)(=O)O. The second kappa shape index (κ2) is 5.07. The molecule has 18 heavy (non-hydrogen) atoms. The second-order valence-corrected chi connectivity index (χ2v) is 5.59. The molecule has 8 nitrogen and oxygen atoms in total. The number of rotatable bonds is 4. The number of benzene rings is 1. The van der Waals surface area contributed by atoms with Gasteiger partial charge in [0.15, 0.2) is 11.5 Å². The highest BCUT2D eigenvalue weighted by atomic mass is 35.5. The zero-order valence-corrected chi connectivity index (χ0v) is 11.2. The lowest BCUT2D eigenvalue weighted by molar-refractivity contribution is 0.361. The quantitative estimate of drug-likeness (QED) is 0.787. The fraction of sp³-hybridized carbons (Fsp3) is 0. The van der Waals surface area contributed by atoms with Gasteiger partial charge in [-0.2, -0.15) is 16.8 Å². The van der Waals surface area contributed by atoms with Gasteiger partial charge in [-0.15, -0.1) is 0 Å². The van der Waals surface area contributed by atoms with Crippen LogP contribution in [0.25, 0.3) is 0 Å². The Morgan fingerprint density at radius 1 is 0.833 bits per heavy atom. The molecular weight excluding hydrogens is 335 g/mol. The van der Waals surface area contributed by atoms with Gasteiger partial charge in [-0.3, -0.25) is 9.11 Å². The first-order valence-corrected chi connectivity index (χ1v) is 7.29. The normalized spacial score (nSPS) is 12.2. The lowest BCUT2D eigenvalue weighted by Gasteiger charge is -2.09. The van der Waals surface area contributed by atoms with E-state index >= 15 is 0 Å². The summed E-state index contributed by atoms with van der Waals surface area (Å²) < 4.78 is 66.9. The van der Waals surface area contributed by atoms with Crippen LogP contribution in [-0.2, 0) is 20.8 Å². The molecule has 0 atom stereocenters. The van der Waals surface area contributed by atoms with Crippen LogP contribution in [0.3, 0.4) is 0 Å². The van der Waals surface area contributed by atoms with E-state index in [4.69, 9.17) is 32.3 Å². The molecule has 0 saturated heterocycles. The Morgan fingerprint density at radius 2 is 1.11 bits per heavy atom. The molecule has 102 valence electrons. The molecule has 0 aliphatic carbocycles. The van der Waals surface area contributed by atoms with E-state index in [-0.39, 0.29) is 10.0 Å². The monoisotopic (exact) mass is 338 g/mol. The highest BCUT2D eigenvalue weighted by molar-refractivity contribution is 7.81. The minimum atomic E-state index is -4.94. The van der Waals surface area contributed by atoms with E-state index in [0.717, 1.165) is 12.1 Å². The van der Waals surface area contributed by atoms with Crippen molar-refractivity contribution in [3.63, 3.8) is 0 Å². The van der Waals surface area contributed by atoms with Gasteiger partial charge in [0.25, 0.3) is 0 Å². The van der Waals surface area contributed by atoms with E-state index in [9.17, 15) is 16.8 Å². The van der Waals surface area contributed by atoms with Crippen LogP contribution in [0.4, 0.5) is 0 Å². The van der Waals surface area contributed by atoms with Crippen molar-refractivity contribution in [2.24, 2.45) is 0 Å². The molecule has 0 aliphatic rings. The molecule has 12 heteroatoms. The summed E-state index contributed by atoms with van der Waals surface area (Å²) >= 11 is 11.1. The fourth-order valence-corrected chi connectivity index (χ4v) is 1.89.